The summed E-state index contributed by atoms with van der Waals surface area (Å²) in [5.74, 6) is -1.08. The maximum Gasteiger partial charge on any atom is 0.126 e. The molecule has 3 rings (SSSR count). The van der Waals surface area contributed by atoms with Gasteiger partial charge in [0.2, 0.25) is 0 Å². The van der Waals surface area contributed by atoms with Gasteiger partial charge in [0.15, 0.2) is 0 Å². The molecule has 0 amide bonds. The Bertz CT molecular complexity index is 602. The second-order valence-corrected chi connectivity index (χ2v) is 5.34. The van der Waals surface area contributed by atoms with Crippen LogP contribution in [0.15, 0.2) is 42.5 Å². The van der Waals surface area contributed by atoms with Crippen LogP contribution in [0.5, 0.6) is 0 Å². The van der Waals surface area contributed by atoms with Gasteiger partial charge >= 0.3 is 0 Å². The highest BCUT2D eigenvalue weighted by molar-refractivity contribution is 5.70. The largest absolute Gasteiger partial charge is 0.379 e. The molecule has 1 saturated heterocycles. The molecule has 21 heavy (non-hydrogen) atoms. The zero-order valence-corrected chi connectivity index (χ0v) is 11.8. The predicted octanol–water partition coefficient (Wildman–Crippen LogP) is 4.18. The molecule has 0 radical (unpaired) electrons. The van der Waals surface area contributed by atoms with E-state index < -0.39 is 11.6 Å². The van der Waals surface area contributed by atoms with Gasteiger partial charge in [-0.2, -0.15) is 0 Å². The third-order valence-corrected chi connectivity index (χ3v) is 3.76. The summed E-state index contributed by atoms with van der Waals surface area (Å²) in [6.45, 7) is 2.53. The van der Waals surface area contributed by atoms with E-state index in [9.17, 15) is 8.78 Å². The van der Waals surface area contributed by atoms with Gasteiger partial charge in [-0.05, 0) is 42.7 Å². The highest BCUT2D eigenvalue weighted by Gasteiger charge is 2.15. The molecule has 1 fully saturated rings. The summed E-state index contributed by atoms with van der Waals surface area (Å²) in [6, 6.07) is 11.7. The molecule has 0 unspecified atom stereocenters. The number of rotatable bonds is 4. The topological polar surface area (TPSA) is 15.3 Å². The monoisotopic (exact) mass is 288 g/mol. The van der Waals surface area contributed by atoms with Crippen molar-refractivity contribution in [1.82, 2.24) is 0 Å². The third-order valence-electron chi connectivity index (χ3n) is 3.76. The summed E-state index contributed by atoms with van der Waals surface area (Å²) in [5, 5.41) is 3.29. The van der Waals surface area contributed by atoms with E-state index in [4.69, 9.17) is 0 Å². The minimum absolute atomic E-state index is 0.402. The zero-order chi connectivity index (χ0) is 14.7. The van der Waals surface area contributed by atoms with Crippen molar-refractivity contribution in [3.63, 3.8) is 0 Å². The number of halogens is 2. The first-order chi connectivity index (χ1) is 10.2. The van der Waals surface area contributed by atoms with Crippen LogP contribution in [0.1, 0.15) is 18.4 Å². The molecule has 2 nitrogen and oxygen atoms in total. The Hall–Kier alpha value is -2.10. The molecule has 2 aromatic rings. The molecule has 4 heteroatoms. The van der Waals surface area contributed by atoms with Gasteiger partial charge in [0.25, 0.3) is 0 Å². The molecule has 110 valence electrons. The predicted molar refractivity (Wildman–Crippen MR) is 81.6 cm³/mol. The summed E-state index contributed by atoms with van der Waals surface area (Å²) in [4.78, 5) is 2.34. The molecule has 1 heterocycles. The van der Waals surface area contributed by atoms with Crippen LogP contribution in [0.2, 0.25) is 0 Å². The highest BCUT2D eigenvalue weighted by atomic mass is 19.1. The summed E-state index contributed by atoms with van der Waals surface area (Å²) in [7, 11) is 0. The standard InChI is InChI=1S/C17H18F2N2/c18-14-9-13(10-15(19)11-14)12-20-16-5-1-2-6-17(16)21-7-3-4-8-21/h1-2,5-6,9-11,20H,3-4,7-8,12H2. The Labute approximate surface area is 123 Å². The molecule has 0 bridgehead atoms. The summed E-state index contributed by atoms with van der Waals surface area (Å²) in [5.41, 5.74) is 2.76. The van der Waals surface area contributed by atoms with Gasteiger partial charge in [-0.1, -0.05) is 12.1 Å². The van der Waals surface area contributed by atoms with Crippen molar-refractivity contribution in [2.75, 3.05) is 23.3 Å². The number of nitrogens with one attached hydrogen (secondary N) is 1. The number of anilines is 2. The molecular weight excluding hydrogens is 270 g/mol. The molecule has 1 N–H and O–H groups in total. The van der Waals surface area contributed by atoms with Crippen molar-refractivity contribution in [3.8, 4) is 0 Å². The van der Waals surface area contributed by atoms with E-state index in [1.165, 1.54) is 25.0 Å². The molecule has 0 aromatic heterocycles. The first-order valence-corrected chi connectivity index (χ1v) is 7.25. The molecular formula is C17H18F2N2. The number of para-hydroxylation sites is 2. The Balaban J connectivity index is 1.75. The third kappa shape index (κ3) is 3.32. The van der Waals surface area contributed by atoms with E-state index in [0.29, 0.717) is 12.1 Å². The van der Waals surface area contributed by atoms with E-state index in [-0.39, 0.29) is 0 Å². The number of nitrogens with zero attached hydrogens (tertiary/aromatic N) is 1. The van der Waals surface area contributed by atoms with Crippen LogP contribution >= 0.6 is 0 Å². The molecule has 0 atom stereocenters. The van der Waals surface area contributed by atoms with Crippen molar-refractivity contribution in [3.05, 3.63) is 59.7 Å². The van der Waals surface area contributed by atoms with Gasteiger partial charge in [-0.15, -0.1) is 0 Å². The summed E-state index contributed by atoms with van der Waals surface area (Å²) >= 11 is 0. The van der Waals surface area contributed by atoms with Crippen LogP contribution in [0, 0.1) is 11.6 Å². The quantitative estimate of drug-likeness (QED) is 0.908. The lowest BCUT2D eigenvalue weighted by molar-refractivity contribution is 0.580. The molecule has 0 aliphatic carbocycles. The van der Waals surface area contributed by atoms with E-state index >= 15 is 0 Å². The fourth-order valence-corrected chi connectivity index (χ4v) is 2.77. The zero-order valence-electron chi connectivity index (χ0n) is 11.8. The van der Waals surface area contributed by atoms with Gasteiger partial charge in [0, 0.05) is 25.7 Å². The van der Waals surface area contributed by atoms with E-state index in [0.717, 1.165) is 30.5 Å². The van der Waals surface area contributed by atoms with Gasteiger partial charge in [-0.3, -0.25) is 0 Å². The second-order valence-electron chi connectivity index (χ2n) is 5.34. The van der Waals surface area contributed by atoms with Gasteiger partial charge in [-0.25, -0.2) is 8.78 Å². The maximum absolute atomic E-state index is 13.2. The number of hydrogen-bond acceptors (Lipinski definition) is 2. The van der Waals surface area contributed by atoms with Crippen LogP contribution in [-0.2, 0) is 6.54 Å². The van der Waals surface area contributed by atoms with Crippen molar-refractivity contribution in [2.24, 2.45) is 0 Å². The van der Waals surface area contributed by atoms with E-state index in [1.54, 1.807) is 0 Å². The average Bonchev–Trinajstić information content (AvgIpc) is 2.98. The Kier molecular flexibility index (Phi) is 4.04. The van der Waals surface area contributed by atoms with Crippen molar-refractivity contribution >= 4 is 11.4 Å². The van der Waals surface area contributed by atoms with Gasteiger partial charge in [0.1, 0.15) is 11.6 Å². The smallest absolute Gasteiger partial charge is 0.126 e. The Morgan fingerprint density at radius 2 is 1.62 bits per heavy atom. The first kappa shape index (κ1) is 13.9. The molecule has 1 aliphatic heterocycles. The van der Waals surface area contributed by atoms with Crippen LogP contribution < -0.4 is 10.2 Å². The lowest BCUT2D eigenvalue weighted by atomic mass is 10.2. The minimum atomic E-state index is -0.542. The van der Waals surface area contributed by atoms with Crippen molar-refractivity contribution < 1.29 is 8.78 Å². The first-order valence-electron chi connectivity index (χ1n) is 7.25. The van der Waals surface area contributed by atoms with Crippen LogP contribution in [0.4, 0.5) is 20.2 Å². The summed E-state index contributed by atoms with van der Waals surface area (Å²) < 4.78 is 26.4. The Morgan fingerprint density at radius 3 is 2.33 bits per heavy atom. The second kappa shape index (κ2) is 6.12. The number of benzene rings is 2. The lowest BCUT2D eigenvalue weighted by Gasteiger charge is -2.22. The normalized spacial score (nSPS) is 14.5. The fourth-order valence-electron chi connectivity index (χ4n) is 2.77. The molecule has 1 aliphatic rings. The number of hydrogen-bond donors (Lipinski definition) is 1. The van der Waals surface area contributed by atoms with Crippen LogP contribution in [-0.4, -0.2) is 13.1 Å². The van der Waals surface area contributed by atoms with Crippen molar-refractivity contribution in [1.29, 1.82) is 0 Å². The minimum Gasteiger partial charge on any atom is -0.379 e. The molecule has 0 spiro atoms. The Morgan fingerprint density at radius 1 is 0.952 bits per heavy atom. The average molecular weight is 288 g/mol. The lowest BCUT2D eigenvalue weighted by Crippen LogP contribution is -2.19. The highest BCUT2D eigenvalue weighted by Crippen LogP contribution is 2.29. The van der Waals surface area contributed by atoms with Gasteiger partial charge in [0.05, 0.1) is 11.4 Å². The molecule has 0 saturated carbocycles. The van der Waals surface area contributed by atoms with Crippen LogP contribution in [0.25, 0.3) is 0 Å². The summed E-state index contributed by atoms with van der Waals surface area (Å²) in [6.07, 6.45) is 2.42. The fraction of sp³-hybridized carbons (Fsp3) is 0.294. The SMILES string of the molecule is Fc1cc(F)cc(CNc2ccccc2N2CCCC2)c1. The van der Waals surface area contributed by atoms with Crippen LogP contribution in [0.3, 0.4) is 0 Å². The van der Waals surface area contributed by atoms with Crippen molar-refractivity contribution in [2.45, 2.75) is 19.4 Å². The maximum atomic E-state index is 13.2. The van der Waals surface area contributed by atoms with E-state index in [1.807, 2.05) is 18.2 Å². The van der Waals surface area contributed by atoms with Gasteiger partial charge < -0.3 is 10.2 Å². The van der Waals surface area contributed by atoms with E-state index in [2.05, 4.69) is 16.3 Å². The molecule has 2 aromatic carbocycles.